The third-order valence-corrected chi connectivity index (χ3v) is 6.22. The van der Waals surface area contributed by atoms with Crippen molar-refractivity contribution in [1.29, 1.82) is 0 Å². The summed E-state index contributed by atoms with van der Waals surface area (Å²) in [7, 11) is -3.53. The van der Waals surface area contributed by atoms with Crippen LogP contribution >= 0.6 is 0 Å². The average molecular weight is 359 g/mol. The van der Waals surface area contributed by atoms with Crippen LogP contribution in [0.3, 0.4) is 0 Å². The molecule has 0 aliphatic carbocycles. The van der Waals surface area contributed by atoms with Crippen molar-refractivity contribution >= 4 is 15.9 Å². The third kappa shape index (κ3) is 4.24. The van der Waals surface area contributed by atoms with Gasteiger partial charge in [0, 0.05) is 45.0 Å². The van der Waals surface area contributed by atoms with Crippen LogP contribution in [0.15, 0.2) is 59.8 Å². The Bertz CT molecular complexity index is 802. The Morgan fingerprint density at radius 1 is 1.00 bits per heavy atom. The molecule has 7 heteroatoms. The van der Waals surface area contributed by atoms with Crippen LogP contribution in [-0.2, 0) is 21.2 Å². The summed E-state index contributed by atoms with van der Waals surface area (Å²) in [5.41, 5.74) is 1.13. The Morgan fingerprint density at radius 2 is 1.72 bits per heavy atom. The number of aromatic nitrogens is 1. The van der Waals surface area contributed by atoms with Gasteiger partial charge in [-0.2, -0.15) is 4.31 Å². The first-order valence-corrected chi connectivity index (χ1v) is 9.73. The van der Waals surface area contributed by atoms with E-state index in [1.54, 1.807) is 23.2 Å². The Labute approximate surface area is 148 Å². The number of carbonyl (C=O) groups is 1. The normalized spacial score (nSPS) is 15.9. The monoisotopic (exact) mass is 359 g/mol. The molecular weight excluding hydrogens is 338 g/mol. The molecule has 1 aliphatic heterocycles. The molecular formula is C18H21N3O3S. The molecule has 2 aromatic rings. The molecule has 25 heavy (non-hydrogen) atoms. The molecule has 6 nitrogen and oxygen atoms in total. The standard InChI is InChI=1S/C18H21N3O3S/c22-18(9-8-16-5-2-1-3-6-16)20-11-13-21(14-12-20)25(23,24)17-7-4-10-19-15-17/h1-7,10,15H,8-9,11-14H2. The minimum Gasteiger partial charge on any atom is -0.340 e. The lowest BCUT2D eigenvalue weighted by atomic mass is 10.1. The van der Waals surface area contributed by atoms with E-state index in [0.717, 1.165) is 5.56 Å². The highest BCUT2D eigenvalue weighted by Crippen LogP contribution is 2.17. The zero-order valence-corrected chi connectivity index (χ0v) is 14.7. The van der Waals surface area contributed by atoms with Crippen molar-refractivity contribution in [1.82, 2.24) is 14.2 Å². The molecule has 1 aromatic heterocycles. The first-order chi connectivity index (χ1) is 12.1. The van der Waals surface area contributed by atoms with Crippen LogP contribution in [0.5, 0.6) is 0 Å². The summed E-state index contributed by atoms with van der Waals surface area (Å²) in [5.74, 6) is 0.0716. The molecule has 1 saturated heterocycles. The minimum atomic E-state index is -3.53. The SMILES string of the molecule is O=C(CCc1ccccc1)N1CCN(S(=O)(=O)c2cccnc2)CC1. The van der Waals surface area contributed by atoms with Crippen LogP contribution < -0.4 is 0 Å². The Morgan fingerprint density at radius 3 is 2.36 bits per heavy atom. The molecule has 0 atom stereocenters. The molecule has 1 amide bonds. The number of hydrogen-bond donors (Lipinski definition) is 0. The van der Waals surface area contributed by atoms with Crippen LogP contribution in [0.2, 0.25) is 0 Å². The van der Waals surface area contributed by atoms with Gasteiger partial charge in [-0.25, -0.2) is 8.42 Å². The number of benzene rings is 1. The molecule has 1 aliphatic rings. The van der Waals surface area contributed by atoms with E-state index in [1.165, 1.54) is 10.5 Å². The van der Waals surface area contributed by atoms with Gasteiger partial charge in [-0.3, -0.25) is 9.78 Å². The summed E-state index contributed by atoms with van der Waals surface area (Å²) in [6.45, 7) is 1.48. The molecule has 0 saturated carbocycles. The lowest BCUT2D eigenvalue weighted by molar-refractivity contribution is -0.132. The fraction of sp³-hybridized carbons (Fsp3) is 0.333. The second kappa shape index (κ2) is 7.76. The van der Waals surface area contributed by atoms with Gasteiger partial charge in [0.2, 0.25) is 15.9 Å². The quantitative estimate of drug-likeness (QED) is 0.812. The number of aryl methyl sites for hydroxylation is 1. The van der Waals surface area contributed by atoms with Crippen molar-refractivity contribution in [3.8, 4) is 0 Å². The fourth-order valence-corrected chi connectivity index (χ4v) is 4.27. The molecule has 0 bridgehead atoms. The third-order valence-electron chi connectivity index (χ3n) is 4.33. The van der Waals surface area contributed by atoms with E-state index in [4.69, 9.17) is 0 Å². The van der Waals surface area contributed by atoms with Gasteiger partial charge in [0.25, 0.3) is 0 Å². The van der Waals surface area contributed by atoms with Gasteiger partial charge >= 0.3 is 0 Å². The summed E-state index contributed by atoms with van der Waals surface area (Å²) in [4.78, 5) is 18.2. The van der Waals surface area contributed by atoms with E-state index in [1.807, 2.05) is 30.3 Å². The summed E-state index contributed by atoms with van der Waals surface area (Å²) < 4.78 is 26.5. The van der Waals surface area contributed by atoms with Crippen LogP contribution in [-0.4, -0.2) is 54.7 Å². The van der Waals surface area contributed by atoms with Gasteiger partial charge in [-0.05, 0) is 24.1 Å². The first kappa shape index (κ1) is 17.6. The predicted octanol–water partition coefficient (Wildman–Crippen LogP) is 1.55. The van der Waals surface area contributed by atoms with Crippen molar-refractivity contribution in [2.75, 3.05) is 26.2 Å². The van der Waals surface area contributed by atoms with E-state index in [9.17, 15) is 13.2 Å². The second-order valence-corrected chi connectivity index (χ2v) is 7.90. The van der Waals surface area contributed by atoms with Gasteiger partial charge in [0.1, 0.15) is 4.90 Å². The highest BCUT2D eigenvalue weighted by atomic mass is 32.2. The number of rotatable bonds is 5. The molecule has 0 N–H and O–H groups in total. The van der Waals surface area contributed by atoms with Gasteiger partial charge in [-0.15, -0.1) is 0 Å². The van der Waals surface area contributed by atoms with Gasteiger partial charge in [0.15, 0.2) is 0 Å². The van der Waals surface area contributed by atoms with Gasteiger partial charge < -0.3 is 4.90 Å². The predicted molar refractivity (Wildman–Crippen MR) is 94.3 cm³/mol. The lowest BCUT2D eigenvalue weighted by Gasteiger charge is -2.34. The molecule has 0 unspecified atom stereocenters. The van der Waals surface area contributed by atoms with Crippen LogP contribution in [0.25, 0.3) is 0 Å². The first-order valence-electron chi connectivity index (χ1n) is 8.29. The molecule has 0 radical (unpaired) electrons. The highest BCUT2D eigenvalue weighted by Gasteiger charge is 2.29. The van der Waals surface area contributed by atoms with Crippen LogP contribution in [0.4, 0.5) is 0 Å². The largest absolute Gasteiger partial charge is 0.340 e. The minimum absolute atomic E-state index is 0.0716. The van der Waals surface area contributed by atoms with E-state index < -0.39 is 10.0 Å². The summed E-state index contributed by atoms with van der Waals surface area (Å²) >= 11 is 0. The maximum Gasteiger partial charge on any atom is 0.244 e. The molecule has 3 rings (SSSR count). The Balaban J connectivity index is 1.54. The number of sulfonamides is 1. The summed E-state index contributed by atoms with van der Waals surface area (Å²) in [6, 6.07) is 13.0. The topological polar surface area (TPSA) is 70.6 Å². The molecule has 2 heterocycles. The smallest absolute Gasteiger partial charge is 0.244 e. The van der Waals surface area contributed by atoms with E-state index in [2.05, 4.69) is 4.98 Å². The zero-order valence-electron chi connectivity index (χ0n) is 13.9. The molecule has 1 aromatic carbocycles. The summed E-state index contributed by atoms with van der Waals surface area (Å²) in [6.07, 6.45) is 4.04. The number of pyridine rings is 1. The Hall–Kier alpha value is -2.25. The zero-order chi connectivity index (χ0) is 17.7. The lowest BCUT2D eigenvalue weighted by Crippen LogP contribution is -2.50. The second-order valence-electron chi connectivity index (χ2n) is 5.96. The van der Waals surface area contributed by atoms with Crippen molar-refractivity contribution < 1.29 is 13.2 Å². The number of piperazine rings is 1. The molecule has 1 fully saturated rings. The number of nitrogens with zero attached hydrogens (tertiary/aromatic N) is 3. The van der Waals surface area contributed by atoms with Crippen molar-refractivity contribution in [3.63, 3.8) is 0 Å². The van der Waals surface area contributed by atoms with Crippen LogP contribution in [0, 0.1) is 0 Å². The van der Waals surface area contributed by atoms with E-state index >= 15 is 0 Å². The number of hydrogen-bond acceptors (Lipinski definition) is 4. The van der Waals surface area contributed by atoms with Crippen molar-refractivity contribution in [3.05, 3.63) is 60.4 Å². The van der Waals surface area contributed by atoms with Crippen LogP contribution in [0.1, 0.15) is 12.0 Å². The fourth-order valence-electron chi connectivity index (χ4n) is 2.88. The Kier molecular flexibility index (Phi) is 5.45. The number of amides is 1. The molecule has 132 valence electrons. The molecule has 0 spiro atoms. The van der Waals surface area contributed by atoms with Crippen molar-refractivity contribution in [2.24, 2.45) is 0 Å². The van der Waals surface area contributed by atoms with E-state index in [-0.39, 0.29) is 10.8 Å². The van der Waals surface area contributed by atoms with E-state index in [0.29, 0.717) is 39.0 Å². The maximum atomic E-state index is 12.6. The average Bonchev–Trinajstić information content (AvgIpc) is 2.68. The van der Waals surface area contributed by atoms with Crippen molar-refractivity contribution in [2.45, 2.75) is 17.7 Å². The number of carbonyl (C=O) groups excluding carboxylic acids is 1. The maximum absolute atomic E-state index is 12.6. The van der Waals surface area contributed by atoms with Gasteiger partial charge in [-0.1, -0.05) is 30.3 Å². The highest BCUT2D eigenvalue weighted by molar-refractivity contribution is 7.89. The van der Waals surface area contributed by atoms with Gasteiger partial charge in [0.05, 0.1) is 0 Å². The summed E-state index contributed by atoms with van der Waals surface area (Å²) in [5, 5.41) is 0.